The van der Waals surface area contributed by atoms with Crippen LogP contribution in [0.5, 0.6) is 0 Å². The van der Waals surface area contributed by atoms with E-state index in [9.17, 15) is 9.59 Å². The molecular formula is C11H7NO3S. The van der Waals surface area contributed by atoms with Gasteiger partial charge in [-0.3, -0.25) is 4.79 Å². The van der Waals surface area contributed by atoms with Gasteiger partial charge in [-0.15, -0.1) is 11.3 Å². The predicted octanol–water partition coefficient (Wildman–Crippen LogP) is 2.32. The molecule has 1 heterocycles. The van der Waals surface area contributed by atoms with Gasteiger partial charge in [0.05, 0.1) is 5.56 Å². The summed E-state index contributed by atoms with van der Waals surface area (Å²) in [6.45, 7) is 0. The van der Waals surface area contributed by atoms with E-state index in [0.717, 1.165) is 0 Å². The van der Waals surface area contributed by atoms with Gasteiger partial charge in [0.25, 0.3) is 0 Å². The summed E-state index contributed by atoms with van der Waals surface area (Å²) >= 11 is 1.40. The molecule has 0 bridgehead atoms. The first-order chi connectivity index (χ1) is 7.70. The molecule has 0 aliphatic carbocycles. The van der Waals surface area contributed by atoms with Crippen molar-refractivity contribution in [1.82, 2.24) is 4.98 Å². The average Bonchev–Trinajstić information content (AvgIpc) is 2.81. The SMILES string of the molecule is O=Cc1cc(C(=O)O)cc(-c2nccs2)c1. The van der Waals surface area contributed by atoms with E-state index >= 15 is 0 Å². The second-order valence-corrected chi connectivity index (χ2v) is 4.00. The molecule has 1 aromatic carbocycles. The number of aromatic carboxylic acids is 1. The minimum absolute atomic E-state index is 0.0924. The van der Waals surface area contributed by atoms with Gasteiger partial charge in [-0.25, -0.2) is 9.78 Å². The fourth-order valence-electron chi connectivity index (χ4n) is 1.33. The molecule has 0 amide bonds. The Labute approximate surface area is 95.2 Å². The highest BCUT2D eigenvalue weighted by Crippen LogP contribution is 2.23. The van der Waals surface area contributed by atoms with Gasteiger partial charge in [0.1, 0.15) is 11.3 Å². The molecule has 0 fully saturated rings. The summed E-state index contributed by atoms with van der Waals surface area (Å²) in [5.74, 6) is -1.05. The van der Waals surface area contributed by atoms with E-state index in [4.69, 9.17) is 5.11 Å². The molecule has 0 radical (unpaired) electrons. The van der Waals surface area contributed by atoms with E-state index in [0.29, 0.717) is 22.4 Å². The molecule has 0 aliphatic rings. The van der Waals surface area contributed by atoms with Crippen molar-refractivity contribution in [2.45, 2.75) is 0 Å². The van der Waals surface area contributed by atoms with Crippen molar-refractivity contribution >= 4 is 23.6 Å². The number of hydrogen-bond acceptors (Lipinski definition) is 4. The molecule has 2 rings (SSSR count). The number of carbonyl (C=O) groups excluding carboxylic acids is 1. The van der Waals surface area contributed by atoms with Crippen LogP contribution in [-0.4, -0.2) is 22.3 Å². The Bertz CT molecular complexity index is 534. The number of carboxylic acid groups (broad SMARTS) is 1. The van der Waals surface area contributed by atoms with Crippen molar-refractivity contribution in [3.63, 3.8) is 0 Å². The Kier molecular flexibility index (Phi) is 2.78. The van der Waals surface area contributed by atoms with E-state index in [1.165, 1.54) is 23.5 Å². The van der Waals surface area contributed by atoms with Gasteiger partial charge >= 0.3 is 5.97 Å². The van der Waals surface area contributed by atoms with Crippen molar-refractivity contribution < 1.29 is 14.7 Å². The summed E-state index contributed by atoms with van der Waals surface area (Å²) < 4.78 is 0. The van der Waals surface area contributed by atoms with Crippen molar-refractivity contribution in [2.24, 2.45) is 0 Å². The molecule has 0 aliphatic heterocycles. The number of benzene rings is 1. The molecule has 0 atom stereocenters. The number of rotatable bonds is 3. The minimum atomic E-state index is -1.05. The first kappa shape index (κ1) is 10.5. The molecule has 0 spiro atoms. The Morgan fingerprint density at radius 1 is 1.38 bits per heavy atom. The summed E-state index contributed by atoms with van der Waals surface area (Å²) in [7, 11) is 0. The van der Waals surface area contributed by atoms with Crippen molar-refractivity contribution in [2.75, 3.05) is 0 Å². The van der Waals surface area contributed by atoms with Crippen LogP contribution in [0.1, 0.15) is 20.7 Å². The predicted molar refractivity (Wildman–Crippen MR) is 59.9 cm³/mol. The van der Waals surface area contributed by atoms with Crippen LogP contribution in [0.2, 0.25) is 0 Å². The zero-order chi connectivity index (χ0) is 11.5. The van der Waals surface area contributed by atoms with Gasteiger partial charge in [-0.2, -0.15) is 0 Å². The highest BCUT2D eigenvalue weighted by molar-refractivity contribution is 7.13. The summed E-state index contributed by atoms with van der Waals surface area (Å²) in [5.41, 5.74) is 1.08. The monoisotopic (exact) mass is 233 g/mol. The lowest BCUT2D eigenvalue weighted by molar-refractivity contribution is 0.0697. The molecule has 0 saturated carbocycles. The van der Waals surface area contributed by atoms with Crippen molar-refractivity contribution in [3.8, 4) is 10.6 Å². The fraction of sp³-hybridized carbons (Fsp3) is 0. The van der Waals surface area contributed by atoms with Gasteiger partial charge in [-0.1, -0.05) is 0 Å². The van der Waals surface area contributed by atoms with Gasteiger partial charge < -0.3 is 5.11 Å². The topological polar surface area (TPSA) is 67.3 Å². The van der Waals surface area contributed by atoms with E-state index in [1.54, 1.807) is 17.6 Å². The molecule has 1 N–H and O–H groups in total. The normalized spacial score (nSPS) is 10.0. The fourth-order valence-corrected chi connectivity index (χ4v) is 1.96. The van der Waals surface area contributed by atoms with Gasteiger partial charge in [0, 0.05) is 22.7 Å². The third kappa shape index (κ3) is 1.99. The molecule has 4 nitrogen and oxygen atoms in total. The lowest BCUT2D eigenvalue weighted by atomic mass is 10.1. The largest absolute Gasteiger partial charge is 0.478 e. The number of nitrogens with zero attached hydrogens (tertiary/aromatic N) is 1. The summed E-state index contributed by atoms with van der Waals surface area (Å²) in [6.07, 6.45) is 2.26. The summed E-state index contributed by atoms with van der Waals surface area (Å²) in [4.78, 5) is 25.6. The van der Waals surface area contributed by atoms with E-state index < -0.39 is 5.97 Å². The second-order valence-electron chi connectivity index (χ2n) is 3.10. The lowest BCUT2D eigenvalue weighted by Crippen LogP contribution is -1.98. The number of carboxylic acids is 1. The van der Waals surface area contributed by atoms with Crippen LogP contribution >= 0.6 is 11.3 Å². The molecule has 16 heavy (non-hydrogen) atoms. The Morgan fingerprint density at radius 3 is 2.75 bits per heavy atom. The van der Waals surface area contributed by atoms with Crippen LogP contribution in [0.4, 0.5) is 0 Å². The second kappa shape index (κ2) is 4.24. The molecule has 5 heteroatoms. The van der Waals surface area contributed by atoms with Crippen molar-refractivity contribution in [3.05, 3.63) is 40.9 Å². The summed E-state index contributed by atoms with van der Waals surface area (Å²) in [6, 6.07) is 4.47. The van der Waals surface area contributed by atoms with Crippen LogP contribution in [0.15, 0.2) is 29.8 Å². The van der Waals surface area contributed by atoms with Crippen LogP contribution < -0.4 is 0 Å². The number of aldehydes is 1. The van der Waals surface area contributed by atoms with Crippen LogP contribution in [-0.2, 0) is 0 Å². The first-order valence-electron chi connectivity index (χ1n) is 4.44. The third-order valence-electron chi connectivity index (χ3n) is 2.02. The smallest absolute Gasteiger partial charge is 0.335 e. The maximum absolute atomic E-state index is 10.9. The van der Waals surface area contributed by atoms with E-state index in [1.807, 2.05) is 0 Å². The van der Waals surface area contributed by atoms with Crippen molar-refractivity contribution in [1.29, 1.82) is 0 Å². The summed E-state index contributed by atoms with van der Waals surface area (Å²) in [5, 5.41) is 11.4. The van der Waals surface area contributed by atoms with Crippen LogP contribution in [0, 0.1) is 0 Å². The van der Waals surface area contributed by atoms with E-state index in [2.05, 4.69) is 4.98 Å². The Hall–Kier alpha value is -2.01. The average molecular weight is 233 g/mol. The minimum Gasteiger partial charge on any atom is -0.478 e. The molecule has 0 unspecified atom stereocenters. The maximum Gasteiger partial charge on any atom is 0.335 e. The maximum atomic E-state index is 10.9. The van der Waals surface area contributed by atoms with Gasteiger partial charge in [-0.05, 0) is 18.2 Å². The van der Waals surface area contributed by atoms with Crippen LogP contribution in [0.3, 0.4) is 0 Å². The molecular weight excluding hydrogens is 226 g/mol. The molecule has 80 valence electrons. The lowest BCUT2D eigenvalue weighted by Gasteiger charge is -2.01. The molecule has 1 aromatic heterocycles. The zero-order valence-electron chi connectivity index (χ0n) is 8.08. The van der Waals surface area contributed by atoms with Gasteiger partial charge in [0.2, 0.25) is 0 Å². The number of hydrogen-bond donors (Lipinski definition) is 1. The van der Waals surface area contributed by atoms with Crippen LogP contribution in [0.25, 0.3) is 10.6 Å². The zero-order valence-corrected chi connectivity index (χ0v) is 8.90. The van der Waals surface area contributed by atoms with Gasteiger partial charge in [0.15, 0.2) is 0 Å². The molecule has 0 saturated heterocycles. The van der Waals surface area contributed by atoms with E-state index in [-0.39, 0.29) is 5.56 Å². The third-order valence-corrected chi connectivity index (χ3v) is 2.84. The number of carbonyl (C=O) groups is 2. The number of thiazole rings is 1. The highest BCUT2D eigenvalue weighted by atomic mass is 32.1. The number of aromatic nitrogens is 1. The first-order valence-corrected chi connectivity index (χ1v) is 5.32. The Balaban J connectivity index is 2.58. The molecule has 2 aromatic rings. The highest BCUT2D eigenvalue weighted by Gasteiger charge is 2.09. The quantitative estimate of drug-likeness (QED) is 0.826. The standard InChI is InChI=1S/C11H7NO3S/c13-6-7-3-8(10-12-1-2-16-10)5-9(4-7)11(14)15/h1-6H,(H,14,15). The Morgan fingerprint density at radius 2 is 2.19 bits per heavy atom.